The molecule has 2 amide bonds. The van der Waals surface area contributed by atoms with Crippen molar-refractivity contribution in [2.45, 2.75) is 38.8 Å². The summed E-state index contributed by atoms with van der Waals surface area (Å²) in [5, 5.41) is 3.83. The first kappa shape index (κ1) is 26.0. The maximum absolute atomic E-state index is 14.5. The van der Waals surface area contributed by atoms with Gasteiger partial charge in [-0.15, -0.1) is 22.7 Å². The highest BCUT2D eigenvalue weighted by atomic mass is 32.1. The molecule has 2 N–H and O–H groups in total. The van der Waals surface area contributed by atoms with Gasteiger partial charge in [-0.25, -0.2) is 4.39 Å². The first-order valence-corrected chi connectivity index (χ1v) is 14.0. The van der Waals surface area contributed by atoms with Crippen LogP contribution in [0.3, 0.4) is 0 Å². The zero-order valence-electron chi connectivity index (χ0n) is 21.2. The Balaban J connectivity index is 1.80. The summed E-state index contributed by atoms with van der Waals surface area (Å²) in [5.41, 5.74) is 9.34. The number of benzene rings is 2. The van der Waals surface area contributed by atoms with Gasteiger partial charge in [0.2, 0.25) is 5.91 Å². The molecule has 2 aromatic heterocycles. The molecule has 0 bridgehead atoms. The molecule has 4 aromatic rings. The maximum atomic E-state index is 14.5. The number of carbonyl (C=O) groups is 3. The molecule has 5 rings (SSSR count). The van der Waals surface area contributed by atoms with Gasteiger partial charge in [-0.3, -0.25) is 14.4 Å². The zero-order chi connectivity index (χ0) is 27.1. The van der Waals surface area contributed by atoms with Crippen LogP contribution < -0.4 is 5.73 Å². The number of aryl methyl sites for hydroxylation is 3. The molecule has 194 valence electrons. The summed E-state index contributed by atoms with van der Waals surface area (Å²) in [6.45, 7) is 5.73. The second-order valence-electron chi connectivity index (χ2n) is 9.68. The van der Waals surface area contributed by atoms with E-state index in [2.05, 4.69) is 0 Å². The lowest BCUT2D eigenvalue weighted by Crippen LogP contribution is -2.46. The van der Waals surface area contributed by atoms with E-state index in [1.54, 1.807) is 6.07 Å². The largest absolute Gasteiger partial charge is 0.368 e. The van der Waals surface area contributed by atoms with Crippen LogP contribution in [-0.2, 0) is 4.79 Å². The van der Waals surface area contributed by atoms with Crippen molar-refractivity contribution in [2.24, 2.45) is 11.7 Å². The molecule has 3 heterocycles. The lowest BCUT2D eigenvalue weighted by atomic mass is 9.78. The molecule has 0 saturated carbocycles. The van der Waals surface area contributed by atoms with Gasteiger partial charge in [0, 0.05) is 26.8 Å². The third-order valence-corrected chi connectivity index (χ3v) is 9.56. The number of amides is 2. The summed E-state index contributed by atoms with van der Waals surface area (Å²) in [5.74, 6) is -3.39. The average Bonchev–Trinajstić information content (AvgIpc) is 3.59. The van der Waals surface area contributed by atoms with Crippen molar-refractivity contribution in [1.29, 1.82) is 0 Å². The van der Waals surface area contributed by atoms with Crippen molar-refractivity contribution in [3.05, 3.63) is 115 Å². The molecule has 4 unspecified atom stereocenters. The Morgan fingerprint density at radius 2 is 1.50 bits per heavy atom. The van der Waals surface area contributed by atoms with E-state index in [1.807, 2.05) is 61.9 Å². The highest BCUT2D eigenvalue weighted by molar-refractivity contribution is 7.10. The van der Waals surface area contributed by atoms with Gasteiger partial charge in [0.15, 0.2) is 5.78 Å². The molecule has 8 heteroatoms. The van der Waals surface area contributed by atoms with Crippen LogP contribution in [0.1, 0.15) is 59.1 Å². The van der Waals surface area contributed by atoms with Crippen molar-refractivity contribution < 1.29 is 18.8 Å². The molecule has 1 fully saturated rings. The molecule has 1 aliphatic heterocycles. The van der Waals surface area contributed by atoms with Crippen LogP contribution in [-0.4, -0.2) is 28.5 Å². The topological polar surface area (TPSA) is 80.5 Å². The standard InChI is InChI=1S/C30H27FN2O3S2/c1-16-7-4-5-10-21(16)26(34)22-23(27-17(2)11-13-37-27)25(29(32)35)33(24(22)28-18(3)12-14-38-28)30(36)19-8-6-9-20(31)15-19/h4-15,22-25H,1-3H3,(H2,32,35). The Labute approximate surface area is 228 Å². The number of ketones is 1. The van der Waals surface area contributed by atoms with Crippen LogP contribution in [0.25, 0.3) is 0 Å². The van der Waals surface area contributed by atoms with Crippen LogP contribution in [0.15, 0.2) is 71.4 Å². The summed E-state index contributed by atoms with van der Waals surface area (Å²) < 4.78 is 14.2. The van der Waals surface area contributed by atoms with Gasteiger partial charge < -0.3 is 10.6 Å². The van der Waals surface area contributed by atoms with Gasteiger partial charge in [0.1, 0.15) is 11.9 Å². The fraction of sp³-hybridized carbons (Fsp3) is 0.233. The number of likely N-dealkylation sites (tertiary alicyclic amines) is 1. The number of halogens is 1. The first-order chi connectivity index (χ1) is 18.2. The fourth-order valence-electron chi connectivity index (χ4n) is 5.59. The summed E-state index contributed by atoms with van der Waals surface area (Å²) in [6, 6.07) is 14.7. The lowest BCUT2D eigenvalue weighted by Gasteiger charge is -2.30. The van der Waals surface area contributed by atoms with Crippen molar-refractivity contribution in [3.8, 4) is 0 Å². The van der Waals surface area contributed by atoms with Crippen molar-refractivity contribution in [3.63, 3.8) is 0 Å². The highest BCUT2D eigenvalue weighted by Gasteiger charge is 2.58. The van der Waals surface area contributed by atoms with Crippen LogP contribution >= 0.6 is 22.7 Å². The molecule has 0 spiro atoms. The Morgan fingerprint density at radius 3 is 2.08 bits per heavy atom. The predicted molar refractivity (Wildman–Crippen MR) is 148 cm³/mol. The van der Waals surface area contributed by atoms with Crippen molar-refractivity contribution >= 4 is 40.3 Å². The van der Waals surface area contributed by atoms with E-state index in [0.717, 1.165) is 32.5 Å². The van der Waals surface area contributed by atoms with Gasteiger partial charge >= 0.3 is 0 Å². The molecular weight excluding hydrogens is 519 g/mol. The molecule has 4 atom stereocenters. The van der Waals surface area contributed by atoms with Gasteiger partial charge in [0.05, 0.1) is 12.0 Å². The van der Waals surface area contributed by atoms with E-state index >= 15 is 0 Å². The minimum atomic E-state index is -1.10. The Bertz CT molecular complexity index is 1540. The summed E-state index contributed by atoms with van der Waals surface area (Å²) in [6.07, 6.45) is 0. The zero-order valence-corrected chi connectivity index (χ0v) is 22.8. The molecule has 0 radical (unpaired) electrons. The van der Waals surface area contributed by atoms with E-state index in [-0.39, 0.29) is 11.3 Å². The van der Waals surface area contributed by atoms with Gasteiger partial charge in [0.25, 0.3) is 5.91 Å². The Hall–Kier alpha value is -3.62. The monoisotopic (exact) mass is 546 g/mol. The molecular formula is C30H27FN2O3S2. The number of carbonyl (C=O) groups excluding carboxylic acids is 3. The second kappa shape index (κ2) is 10.3. The minimum Gasteiger partial charge on any atom is -0.368 e. The summed E-state index contributed by atoms with van der Waals surface area (Å²) in [7, 11) is 0. The Kier molecular flexibility index (Phi) is 7.03. The average molecular weight is 547 g/mol. The number of primary amides is 1. The smallest absolute Gasteiger partial charge is 0.255 e. The third kappa shape index (κ3) is 4.37. The van der Waals surface area contributed by atoms with Gasteiger partial charge in [-0.05, 0) is 78.6 Å². The molecule has 1 saturated heterocycles. The molecule has 2 aromatic carbocycles. The quantitative estimate of drug-likeness (QED) is 0.292. The Morgan fingerprint density at radius 1 is 0.842 bits per heavy atom. The normalized spacial score (nSPS) is 21.0. The molecule has 5 nitrogen and oxygen atoms in total. The fourth-order valence-corrected chi connectivity index (χ4v) is 7.77. The number of rotatable bonds is 6. The van der Waals surface area contributed by atoms with Crippen molar-refractivity contribution in [2.75, 3.05) is 0 Å². The summed E-state index contributed by atoms with van der Waals surface area (Å²) >= 11 is 2.88. The third-order valence-electron chi connectivity index (χ3n) is 7.35. The number of nitrogens with zero attached hydrogens (tertiary/aromatic N) is 1. The van der Waals surface area contributed by atoms with E-state index in [9.17, 15) is 18.8 Å². The molecule has 38 heavy (non-hydrogen) atoms. The number of nitrogens with two attached hydrogens (primary N) is 1. The highest BCUT2D eigenvalue weighted by Crippen LogP contribution is 2.54. The van der Waals surface area contributed by atoms with Gasteiger partial charge in [-0.1, -0.05) is 30.3 Å². The number of hydrogen-bond acceptors (Lipinski definition) is 5. The van der Waals surface area contributed by atoms with Crippen LogP contribution in [0, 0.1) is 32.5 Å². The predicted octanol–water partition coefficient (Wildman–Crippen LogP) is 6.21. The minimum absolute atomic E-state index is 0.0982. The second-order valence-corrected chi connectivity index (χ2v) is 11.6. The van der Waals surface area contributed by atoms with Crippen molar-refractivity contribution in [1.82, 2.24) is 4.90 Å². The lowest BCUT2D eigenvalue weighted by molar-refractivity contribution is -0.122. The van der Waals surface area contributed by atoms with Crippen LogP contribution in [0.4, 0.5) is 4.39 Å². The maximum Gasteiger partial charge on any atom is 0.255 e. The molecule has 1 aliphatic rings. The van der Waals surface area contributed by atoms with Gasteiger partial charge in [-0.2, -0.15) is 0 Å². The van der Waals surface area contributed by atoms with E-state index in [1.165, 1.54) is 45.8 Å². The summed E-state index contributed by atoms with van der Waals surface area (Å²) in [4.78, 5) is 45.0. The van der Waals surface area contributed by atoms with E-state index in [0.29, 0.717) is 5.56 Å². The first-order valence-electron chi connectivity index (χ1n) is 12.3. The van der Waals surface area contributed by atoms with Crippen LogP contribution in [0.2, 0.25) is 0 Å². The van der Waals surface area contributed by atoms with E-state index in [4.69, 9.17) is 5.73 Å². The SMILES string of the molecule is Cc1ccccc1C(=O)C1C(c2sccc2C)C(C(N)=O)N(C(=O)c2cccc(F)c2)C1c1sccc1C. The van der Waals surface area contributed by atoms with E-state index < -0.39 is 41.6 Å². The number of Topliss-reactive ketones (excluding diaryl/α,β-unsaturated/α-hetero) is 1. The number of hydrogen-bond donors (Lipinski definition) is 1. The molecule has 0 aliphatic carbocycles. The van der Waals surface area contributed by atoms with Crippen LogP contribution in [0.5, 0.6) is 0 Å². The number of thiophene rings is 2.